The summed E-state index contributed by atoms with van der Waals surface area (Å²) in [4.78, 5) is 9.58. The highest BCUT2D eigenvalue weighted by Crippen LogP contribution is 2.17. The first-order chi connectivity index (χ1) is 12.7. The molecule has 5 nitrogen and oxygen atoms in total. The molecule has 1 saturated carbocycles. The van der Waals surface area contributed by atoms with Gasteiger partial charge in [0.05, 0.1) is 6.54 Å². The number of likely N-dealkylation sites (N-methyl/N-ethyl adjacent to an activating group) is 1. The lowest BCUT2D eigenvalue weighted by Gasteiger charge is -2.34. The fraction of sp³-hybridized carbons (Fsp3) is 0.667. The average molecular weight is 485 g/mol. The molecule has 1 aromatic carbocycles. The minimum Gasteiger partial charge on any atom is -0.370 e. The van der Waals surface area contributed by atoms with Crippen LogP contribution in [0.3, 0.4) is 0 Å². The van der Waals surface area contributed by atoms with Crippen molar-refractivity contribution in [2.75, 3.05) is 32.7 Å². The molecule has 152 valence electrons. The van der Waals surface area contributed by atoms with E-state index < -0.39 is 0 Å². The predicted octanol–water partition coefficient (Wildman–Crippen LogP) is 3.18. The second-order valence-corrected chi connectivity index (χ2v) is 7.71. The van der Waals surface area contributed by atoms with Gasteiger partial charge in [0, 0.05) is 38.8 Å². The van der Waals surface area contributed by atoms with Gasteiger partial charge in [-0.15, -0.1) is 24.0 Å². The van der Waals surface area contributed by atoms with Crippen molar-refractivity contribution in [2.24, 2.45) is 10.7 Å². The molecule has 0 amide bonds. The number of hydrogen-bond acceptors (Lipinski definition) is 3. The van der Waals surface area contributed by atoms with Crippen molar-refractivity contribution in [3.05, 3.63) is 35.4 Å². The number of nitrogens with one attached hydrogen (secondary N) is 1. The molecule has 1 heterocycles. The minimum absolute atomic E-state index is 0. The summed E-state index contributed by atoms with van der Waals surface area (Å²) in [6.07, 6.45) is 6.41. The Kier molecular flexibility index (Phi) is 9.86. The van der Waals surface area contributed by atoms with E-state index in [4.69, 9.17) is 5.73 Å². The van der Waals surface area contributed by atoms with Crippen LogP contribution in [0.4, 0.5) is 0 Å². The Hall–Kier alpha value is -0.860. The molecule has 0 radical (unpaired) electrons. The lowest BCUT2D eigenvalue weighted by molar-refractivity contribution is 0.132. The van der Waals surface area contributed by atoms with E-state index in [1.54, 1.807) is 0 Å². The molecule has 2 fully saturated rings. The van der Waals surface area contributed by atoms with Crippen LogP contribution in [-0.2, 0) is 13.1 Å². The fourth-order valence-corrected chi connectivity index (χ4v) is 3.95. The third kappa shape index (κ3) is 7.58. The molecule has 27 heavy (non-hydrogen) atoms. The molecule has 1 aromatic rings. The summed E-state index contributed by atoms with van der Waals surface area (Å²) >= 11 is 0. The van der Waals surface area contributed by atoms with Crippen LogP contribution in [0.1, 0.15) is 50.2 Å². The standard InChI is InChI=1S/C21H35N5.HI/c1-2-25-12-14-26(15-13-25)17-19-10-8-18(9-11-19)16-23-21(22)24-20-6-4-3-5-7-20;/h8-11,20H,2-7,12-17H2,1H3,(H3,22,23,24);1H. The monoisotopic (exact) mass is 485 g/mol. The fourth-order valence-electron chi connectivity index (χ4n) is 3.95. The highest BCUT2D eigenvalue weighted by molar-refractivity contribution is 14.0. The lowest BCUT2D eigenvalue weighted by Crippen LogP contribution is -2.45. The van der Waals surface area contributed by atoms with Crippen molar-refractivity contribution >= 4 is 29.9 Å². The molecule has 0 atom stereocenters. The molecule has 2 aliphatic rings. The quantitative estimate of drug-likeness (QED) is 0.369. The summed E-state index contributed by atoms with van der Waals surface area (Å²) in [5.41, 5.74) is 8.66. The largest absolute Gasteiger partial charge is 0.370 e. The smallest absolute Gasteiger partial charge is 0.189 e. The van der Waals surface area contributed by atoms with Crippen molar-refractivity contribution in [3.63, 3.8) is 0 Å². The molecule has 0 aromatic heterocycles. The van der Waals surface area contributed by atoms with Crippen LogP contribution >= 0.6 is 24.0 Å². The Morgan fingerprint density at radius 1 is 1.00 bits per heavy atom. The maximum Gasteiger partial charge on any atom is 0.189 e. The number of nitrogens with two attached hydrogens (primary N) is 1. The van der Waals surface area contributed by atoms with E-state index in [1.165, 1.54) is 76.0 Å². The molecule has 0 unspecified atom stereocenters. The Morgan fingerprint density at radius 2 is 1.59 bits per heavy atom. The molecule has 3 N–H and O–H groups in total. The summed E-state index contributed by atoms with van der Waals surface area (Å²) in [7, 11) is 0. The Labute approximate surface area is 181 Å². The topological polar surface area (TPSA) is 56.9 Å². The van der Waals surface area contributed by atoms with E-state index >= 15 is 0 Å². The van der Waals surface area contributed by atoms with Crippen LogP contribution in [-0.4, -0.2) is 54.5 Å². The number of benzene rings is 1. The van der Waals surface area contributed by atoms with Gasteiger partial charge in [-0.05, 0) is 30.5 Å². The average Bonchev–Trinajstić information content (AvgIpc) is 2.69. The van der Waals surface area contributed by atoms with Crippen molar-refractivity contribution in [3.8, 4) is 0 Å². The number of guanidine groups is 1. The SMILES string of the molecule is CCN1CCN(Cc2ccc(CN=C(N)NC3CCCCC3)cc2)CC1.I. The first-order valence-electron chi connectivity index (χ1n) is 10.3. The molecule has 6 heteroatoms. The van der Waals surface area contributed by atoms with Gasteiger partial charge in [0.1, 0.15) is 0 Å². The van der Waals surface area contributed by atoms with Gasteiger partial charge in [-0.3, -0.25) is 4.90 Å². The maximum atomic E-state index is 6.06. The molecule has 1 saturated heterocycles. The van der Waals surface area contributed by atoms with Crippen LogP contribution in [0.25, 0.3) is 0 Å². The summed E-state index contributed by atoms with van der Waals surface area (Å²) in [6, 6.07) is 9.37. The highest BCUT2D eigenvalue weighted by Gasteiger charge is 2.15. The summed E-state index contributed by atoms with van der Waals surface area (Å²) in [5, 5.41) is 3.38. The van der Waals surface area contributed by atoms with Crippen LogP contribution in [0.2, 0.25) is 0 Å². The summed E-state index contributed by atoms with van der Waals surface area (Å²) < 4.78 is 0. The van der Waals surface area contributed by atoms with Gasteiger partial charge in [0.15, 0.2) is 5.96 Å². The number of rotatable bonds is 6. The third-order valence-corrected chi connectivity index (χ3v) is 5.73. The zero-order valence-corrected chi connectivity index (χ0v) is 19.0. The predicted molar refractivity (Wildman–Crippen MR) is 125 cm³/mol. The van der Waals surface area contributed by atoms with Crippen molar-refractivity contribution in [1.82, 2.24) is 15.1 Å². The number of halogens is 1. The van der Waals surface area contributed by atoms with Crippen molar-refractivity contribution < 1.29 is 0 Å². The second kappa shape index (κ2) is 11.9. The van der Waals surface area contributed by atoms with Gasteiger partial charge in [0.25, 0.3) is 0 Å². The Bertz CT molecular complexity index is 560. The number of piperazine rings is 1. The van der Waals surface area contributed by atoms with E-state index in [9.17, 15) is 0 Å². The van der Waals surface area contributed by atoms with E-state index in [-0.39, 0.29) is 24.0 Å². The normalized spacial score (nSPS) is 20.3. The van der Waals surface area contributed by atoms with E-state index in [2.05, 4.69) is 51.3 Å². The van der Waals surface area contributed by atoms with Crippen LogP contribution in [0.15, 0.2) is 29.3 Å². The van der Waals surface area contributed by atoms with Crippen LogP contribution < -0.4 is 11.1 Å². The number of nitrogens with zero attached hydrogens (tertiary/aromatic N) is 3. The molecule has 0 spiro atoms. The third-order valence-electron chi connectivity index (χ3n) is 5.73. The second-order valence-electron chi connectivity index (χ2n) is 7.71. The van der Waals surface area contributed by atoms with Gasteiger partial charge >= 0.3 is 0 Å². The molecule has 1 aliphatic carbocycles. The first kappa shape index (κ1) is 22.4. The Balaban J connectivity index is 0.00000261. The minimum atomic E-state index is 0. The first-order valence-corrected chi connectivity index (χ1v) is 10.3. The van der Waals surface area contributed by atoms with E-state index in [0.717, 1.165) is 6.54 Å². The maximum absolute atomic E-state index is 6.06. The van der Waals surface area contributed by atoms with Gasteiger partial charge in [-0.1, -0.05) is 50.5 Å². The number of hydrogen-bond donors (Lipinski definition) is 2. The van der Waals surface area contributed by atoms with Gasteiger partial charge < -0.3 is 16.0 Å². The highest BCUT2D eigenvalue weighted by atomic mass is 127. The van der Waals surface area contributed by atoms with Gasteiger partial charge in [0.2, 0.25) is 0 Å². The molecular formula is C21H36IN5. The van der Waals surface area contributed by atoms with Gasteiger partial charge in [-0.25, -0.2) is 4.99 Å². The van der Waals surface area contributed by atoms with Crippen LogP contribution in [0, 0.1) is 0 Å². The summed E-state index contributed by atoms with van der Waals surface area (Å²) in [6.45, 7) is 9.84. The zero-order valence-electron chi connectivity index (χ0n) is 16.7. The van der Waals surface area contributed by atoms with E-state index in [1.807, 2.05) is 0 Å². The molecule has 3 rings (SSSR count). The zero-order chi connectivity index (χ0) is 18.2. The van der Waals surface area contributed by atoms with Gasteiger partial charge in [-0.2, -0.15) is 0 Å². The van der Waals surface area contributed by atoms with Crippen molar-refractivity contribution in [1.29, 1.82) is 0 Å². The van der Waals surface area contributed by atoms with Crippen molar-refractivity contribution in [2.45, 2.75) is 58.2 Å². The summed E-state index contributed by atoms with van der Waals surface area (Å²) in [5.74, 6) is 0.592. The molecular weight excluding hydrogens is 449 g/mol. The lowest BCUT2D eigenvalue weighted by atomic mass is 9.96. The van der Waals surface area contributed by atoms with E-state index in [0.29, 0.717) is 18.5 Å². The Morgan fingerprint density at radius 3 is 2.22 bits per heavy atom. The molecule has 0 bridgehead atoms. The molecule has 1 aliphatic heterocycles. The number of aliphatic imine (C=N–C) groups is 1. The van der Waals surface area contributed by atoms with Crippen LogP contribution in [0.5, 0.6) is 0 Å².